The first-order chi connectivity index (χ1) is 15.1. The molecule has 4 rings (SSSR count). The quantitative estimate of drug-likeness (QED) is 0.642. The Morgan fingerprint density at radius 1 is 1.26 bits per heavy atom. The van der Waals surface area contributed by atoms with Crippen molar-refractivity contribution < 1.29 is 9.53 Å². The van der Waals surface area contributed by atoms with Crippen molar-refractivity contribution >= 4 is 5.91 Å². The third-order valence-electron chi connectivity index (χ3n) is 6.06. The largest absolute Gasteiger partial charge is 0.456 e. The highest BCUT2D eigenvalue weighted by Gasteiger charge is 2.39. The fourth-order valence-corrected chi connectivity index (χ4v) is 4.27. The summed E-state index contributed by atoms with van der Waals surface area (Å²) in [6.07, 6.45) is 8.94. The molecule has 2 heterocycles. The first-order valence-corrected chi connectivity index (χ1v) is 10.7. The minimum atomic E-state index is -0.544. The van der Waals surface area contributed by atoms with Crippen molar-refractivity contribution in [3.63, 3.8) is 0 Å². The number of carbonyl (C=O) groups is 1. The van der Waals surface area contributed by atoms with E-state index in [1.165, 1.54) is 0 Å². The summed E-state index contributed by atoms with van der Waals surface area (Å²) < 4.78 is 8.13. The maximum atomic E-state index is 12.9. The number of hydrogen-bond donors (Lipinski definition) is 1. The molecule has 0 aliphatic carbocycles. The van der Waals surface area contributed by atoms with Gasteiger partial charge in [0.15, 0.2) is 0 Å². The van der Waals surface area contributed by atoms with E-state index in [1.807, 2.05) is 47.2 Å². The molecule has 1 aliphatic heterocycles. The van der Waals surface area contributed by atoms with Gasteiger partial charge in [0.05, 0.1) is 17.3 Å². The van der Waals surface area contributed by atoms with Crippen molar-refractivity contribution in [3.8, 4) is 17.6 Å². The highest BCUT2D eigenvalue weighted by atomic mass is 16.5. The molecule has 1 atom stereocenters. The zero-order valence-electron chi connectivity index (χ0n) is 17.7. The lowest BCUT2D eigenvalue weighted by Crippen LogP contribution is -2.42. The molecule has 3 aromatic rings. The van der Waals surface area contributed by atoms with Gasteiger partial charge in [0.1, 0.15) is 17.6 Å². The fourth-order valence-electron chi connectivity index (χ4n) is 4.27. The number of carbonyl (C=O) groups excluding carboxylic acids is 1. The summed E-state index contributed by atoms with van der Waals surface area (Å²) in [5.41, 5.74) is 1.89. The van der Waals surface area contributed by atoms with Crippen molar-refractivity contribution in [2.75, 3.05) is 6.54 Å². The van der Waals surface area contributed by atoms with Gasteiger partial charge in [0, 0.05) is 25.5 Å². The number of ether oxygens (including phenoxy) is 1. The van der Waals surface area contributed by atoms with Gasteiger partial charge in [0.25, 0.3) is 0 Å². The monoisotopic (exact) mass is 414 g/mol. The summed E-state index contributed by atoms with van der Waals surface area (Å²) in [6, 6.07) is 15.5. The molecule has 1 amide bonds. The SMILES string of the molecule is CCC1(c2cccc(Oc3cc(Cn4ccnc4)ccc3C#N)c2)CCCCNC1=O. The number of aromatic nitrogens is 2. The number of benzene rings is 2. The highest BCUT2D eigenvalue weighted by molar-refractivity contribution is 5.88. The number of nitriles is 1. The lowest BCUT2D eigenvalue weighted by molar-refractivity contribution is -0.126. The number of nitrogens with zero attached hydrogens (tertiary/aromatic N) is 3. The van der Waals surface area contributed by atoms with Crippen LogP contribution in [0, 0.1) is 11.3 Å². The summed E-state index contributed by atoms with van der Waals surface area (Å²) in [7, 11) is 0. The molecule has 6 nitrogen and oxygen atoms in total. The number of rotatable bonds is 6. The summed E-state index contributed by atoms with van der Waals surface area (Å²) in [4.78, 5) is 17.0. The Kier molecular flexibility index (Phi) is 6.03. The normalized spacial score (nSPS) is 18.6. The maximum Gasteiger partial charge on any atom is 0.230 e. The predicted molar refractivity (Wildman–Crippen MR) is 118 cm³/mol. The third kappa shape index (κ3) is 4.31. The molecule has 0 radical (unpaired) electrons. The van der Waals surface area contributed by atoms with Crippen LogP contribution in [-0.2, 0) is 16.8 Å². The number of amides is 1. The molecule has 1 aliphatic rings. The van der Waals surface area contributed by atoms with Gasteiger partial charge in [-0.3, -0.25) is 4.79 Å². The van der Waals surface area contributed by atoms with Gasteiger partial charge in [-0.1, -0.05) is 31.5 Å². The smallest absolute Gasteiger partial charge is 0.230 e. The lowest BCUT2D eigenvalue weighted by atomic mass is 9.74. The molecule has 1 fully saturated rings. The predicted octanol–water partition coefficient (Wildman–Crippen LogP) is 4.54. The second-order valence-corrected chi connectivity index (χ2v) is 7.96. The fraction of sp³-hybridized carbons (Fsp3) is 0.320. The van der Waals surface area contributed by atoms with Crippen LogP contribution in [0.25, 0.3) is 0 Å². The molecule has 1 saturated heterocycles. The van der Waals surface area contributed by atoms with Gasteiger partial charge >= 0.3 is 0 Å². The van der Waals surface area contributed by atoms with Crippen LogP contribution in [-0.4, -0.2) is 22.0 Å². The second-order valence-electron chi connectivity index (χ2n) is 7.96. The van der Waals surface area contributed by atoms with Gasteiger partial charge in [-0.25, -0.2) is 4.98 Å². The Labute approximate surface area is 182 Å². The van der Waals surface area contributed by atoms with Crippen LogP contribution in [0.3, 0.4) is 0 Å². The Bertz CT molecular complexity index is 1100. The van der Waals surface area contributed by atoms with Crippen molar-refractivity contribution in [1.82, 2.24) is 14.9 Å². The van der Waals surface area contributed by atoms with Gasteiger partial charge in [0.2, 0.25) is 5.91 Å². The van der Waals surface area contributed by atoms with E-state index in [0.717, 1.165) is 43.4 Å². The van der Waals surface area contributed by atoms with Crippen molar-refractivity contribution in [2.24, 2.45) is 0 Å². The number of nitrogens with one attached hydrogen (secondary N) is 1. The van der Waals surface area contributed by atoms with E-state index in [1.54, 1.807) is 18.6 Å². The van der Waals surface area contributed by atoms with E-state index in [4.69, 9.17) is 4.74 Å². The molecule has 158 valence electrons. The Balaban J connectivity index is 1.64. The van der Waals surface area contributed by atoms with Crippen LogP contribution in [0.1, 0.15) is 49.3 Å². The standard InChI is InChI=1S/C25H26N4O2/c1-2-25(10-3-4-11-28-24(25)30)21-6-5-7-22(15-21)31-23-14-19(8-9-20(23)16-26)17-29-13-12-27-18-29/h5-9,12-15,18H,2-4,10-11,17H2,1H3,(H,28,30). The first-order valence-electron chi connectivity index (χ1n) is 10.7. The van der Waals surface area contributed by atoms with Gasteiger partial charge in [-0.05, 0) is 54.7 Å². The van der Waals surface area contributed by atoms with Crippen LogP contribution >= 0.6 is 0 Å². The van der Waals surface area contributed by atoms with E-state index < -0.39 is 5.41 Å². The summed E-state index contributed by atoms with van der Waals surface area (Å²) >= 11 is 0. The molecule has 1 unspecified atom stereocenters. The minimum Gasteiger partial charge on any atom is -0.456 e. The van der Waals surface area contributed by atoms with Crippen LogP contribution in [0.15, 0.2) is 61.2 Å². The Morgan fingerprint density at radius 2 is 2.16 bits per heavy atom. The van der Waals surface area contributed by atoms with E-state index >= 15 is 0 Å². The zero-order valence-corrected chi connectivity index (χ0v) is 17.7. The highest BCUT2D eigenvalue weighted by Crippen LogP contribution is 2.38. The molecule has 0 saturated carbocycles. The molecule has 6 heteroatoms. The molecular weight excluding hydrogens is 388 g/mol. The Hall–Kier alpha value is -3.59. The topological polar surface area (TPSA) is 79.9 Å². The van der Waals surface area contributed by atoms with Crippen molar-refractivity contribution in [3.05, 3.63) is 77.9 Å². The van der Waals surface area contributed by atoms with Crippen molar-refractivity contribution in [2.45, 2.75) is 44.6 Å². The zero-order chi connectivity index (χ0) is 21.7. The summed E-state index contributed by atoms with van der Waals surface area (Å²) in [5.74, 6) is 1.22. The van der Waals surface area contributed by atoms with Crippen LogP contribution in [0.4, 0.5) is 0 Å². The Morgan fingerprint density at radius 3 is 2.94 bits per heavy atom. The van der Waals surface area contributed by atoms with E-state index in [-0.39, 0.29) is 5.91 Å². The van der Waals surface area contributed by atoms with Crippen LogP contribution in [0.2, 0.25) is 0 Å². The third-order valence-corrected chi connectivity index (χ3v) is 6.06. The first kappa shape index (κ1) is 20.7. The van der Waals surface area contributed by atoms with E-state index in [9.17, 15) is 10.1 Å². The average Bonchev–Trinajstić information content (AvgIpc) is 3.22. The average molecular weight is 415 g/mol. The minimum absolute atomic E-state index is 0.0877. The van der Waals surface area contributed by atoms with Crippen LogP contribution < -0.4 is 10.1 Å². The molecule has 0 bridgehead atoms. The summed E-state index contributed by atoms with van der Waals surface area (Å²) in [6.45, 7) is 3.43. The molecule has 1 aromatic heterocycles. The van der Waals surface area contributed by atoms with Gasteiger partial charge in [-0.2, -0.15) is 5.26 Å². The van der Waals surface area contributed by atoms with Crippen LogP contribution in [0.5, 0.6) is 11.5 Å². The second kappa shape index (κ2) is 9.05. The molecule has 1 N–H and O–H groups in total. The van der Waals surface area contributed by atoms with Crippen molar-refractivity contribution in [1.29, 1.82) is 5.26 Å². The lowest BCUT2D eigenvalue weighted by Gasteiger charge is -2.30. The molecule has 2 aromatic carbocycles. The van der Waals surface area contributed by atoms with E-state index in [2.05, 4.69) is 23.3 Å². The van der Waals surface area contributed by atoms with E-state index in [0.29, 0.717) is 23.6 Å². The summed E-state index contributed by atoms with van der Waals surface area (Å²) in [5, 5.41) is 12.6. The van der Waals surface area contributed by atoms with Gasteiger partial charge in [-0.15, -0.1) is 0 Å². The maximum absolute atomic E-state index is 12.9. The molecule has 0 spiro atoms. The molecular formula is C25H26N4O2. The molecule has 31 heavy (non-hydrogen) atoms. The van der Waals surface area contributed by atoms with Gasteiger partial charge < -0.3 is 14.6 Å². The number of hydrogen-bond acceptors (Lipinski definition) is 4. The number of imidazole rings is 1.